The second-order valence-corrected chi connectivity index (χ2v) is 8.65. The van der Waals surface area contributed by atoms with Gasteiger partial charge in [0.25, 0.3) is 11.5 Å². The first-order valence-corrected chi connectivity index (χ1v) is 10.9. The van der Waals surface area contributed by atoms with Crippen molar-refractivity contribution in [2.45, 2.75) is 52.1 Å². The first kappa shape index (κ1) is 20.3. The van der Waals surface area contributed by atoms with Gasteiger partial charge in [-0.3, -0.25) is 23.9 Å². The highest BCUT2D eigenvalue weighted by molar-refractivity contribution is 5.97. The average Bonchev–Trinajstić information content (AvgIpc) is 3.44. The zero-order valence-electron chi connectivity index (χ0n) is 18.4. The number of carbonyl (C=O) groups is 1. The van der Waals surface area contributed by atoms with Crippen LogP contribution in [-0.2, 0) is 13.6 Å². The Kier molecular flexibility index (Phi) is 4.76. The van der Waals surface area contributed by atoms with Gasteiger partial charge in [-0.1, -0.05) is 12.8 Å². The number of aromatic nitrogens is 5. The van der Waals surface area contributed by atoms with Gasteiger partial charge in [-0.2, -0.15) is 0 Å². The molecular formula is C23H26N6O3. The molecule has 5 rings (SSSR count). The minimum absolute atomic E-state index is 0.122. The Bertz CT molecular complexity index is 1480. The number of nitrogens with one attached hydrogen (secondary N) is 3. The third kappa shape index (κ3) is 3.16. The lowest BCUT2D eigenvalue weighted by Gasteiger charge is -2.12. The molecule has 0 saturated heterocycles. The van der Waals surface area contributed by atoms with Crippen molar-refractivity contribution in [2.75, 3.05) is 0 Å². The van der Waals surface area contributed by atoms with E-state index in [-0.39, 0.29) is 29.7 Å². The second kappa shape index (κ2) is 7.51. The summed E-state index contributed by atoms with van der Waals surface area (Å²) in [4.78, 5) is 45.1. The standard InChI is InChI=1S/C23H26N6O3/c1-12-16(13(2)25-20-19(12)22(31)27-28(20)3)11-24-21(30)14-8-9-18-17(10-14)26-23(32)29(18)15-6-4-5-7-15/h8-10,15H,4-7,11H2,1-3H3,(H,24,30)(H,26,32)(H,27,31). The first-order chi connectivity index (χ1) is 15.3. The van der Waals surface area contributed by atoms with Crippen LogP contribution in [0.5, 0.6) is 0 Å². The summed E-state index contributed by atoms with van der Waals surface area (Å²) in [7, 11) is 1.75. The van der Waals surface area contributed by atoms with Gasteiger partial charge in [0.2, 0.25) is 0 Å². The summed E-state index contributed by atoms with van der Waals surface area (Å²) in [5, 5.41) is 6.19. The lowest BCUT2D eigenvalue weighted by atomic mass is 10.0. The van der Waals surface area contributed by atoms with E-state index in [0.717, 1.165) is 48.0 Å². The molecule has 1 fully saturated rings. The van der Waals surface area contributed by atoms with Crippen LogP contribution >= 0.6 is 0 Å². The predicted molar refractivity (Wildman–Crippen MR) is 122 cm³/mol. The molecule has 1 amide bonds. The number of aromatic amines is 2. The van der Waals surface area contributed by atoms with Gasteiger partial charge in [0.1, 0.15) is 0 Å². The van der Waals surface area contributed by atoms with Gasteiger partial charge in [-0.15, -0.1) is 0 Å². The minimum Gasteiger partial charge on any atom is -0.348 e. The van der Waals surface area contributed by atoms with Crippen molar-refractivity contribution in [2.24, 2.45) is 7.05 Å². The number of imidazole rings is 1. The summed E-state index contributed by atoms with van der Waals surface area (Å²) >= 11 is 0. The smallest absolute Gasteiger partial charge is 0.326 e. The molecule has 0 aliphatic heterocycles. The minimum atomic E-state index is -0.248. The molecule has 166 valence electrons. The summed E-state index contributed by atoms with van der Waals surface area (Å²) in [5.74, 6) is -0.248. The van der Waals surface area contributed by atoms with Crippen LogP contribution in [-0.4, -0.2) is 30.2 Å². The van der Waals surface area contributed by atoms with Crippen molar-refractivity contribution in [1.29, 1.82) is 0 Å². The highest BCUT2D eigenvalue weighted by Crippen LogP contribution is 2.30. The first-order valence-electron chi connectivity index (χ1n) is 10.9. The number of nitrogens with zero attached hydrogens (tertiary/aromatic N) is 3. The summed E-state index contributed by atoms with van der Waals surface area (Å²) in [6, 6.07) is 5.54. The molecule has 0 atom stereocenters. The van der Waals surface area contributed by atoms with E-state index in [1.165, 1.54) is 0 Å². The third-order valence-corrected chi connectivity index (χ3v) is 6.67. The van der Waals surface area contributed by atoms with E-state index in [9.17, 15) is 14.4 Å². The van der Waals surface area contributed by atoms with E-state index in [4.69, 9.17) is 0 Å². The fraction of sp³-hybridized carbons (Fsp3) is 0.391. The second-order valence-electron chi connectivity index (χ2n) is 8.65. The van der Waals surface area contributed by atoms with Crippen molar-refractivity contribution in [1.82, 2.24) is 29.6 Å². The third-order valence-electron chi connectivity index (χ3n) is 6.67. The van der Waals surface area contributed by atoms with Gasteiger partial charge >= 0.3 is 5.69 Å². The number of amides is 1. The Morgan fingerprint density at radius 1 is 1.22 bits per heavy atom. The Hall–Kier alpha value is -3.62. The summed E-state index contributed by atoms with van der Waals surface area (Å²) in [6.45, 7) is 4.00. The van der Waals surface area contributed by atoms with E-state index < -0.39 is 0 Å². The highest BCUT2D eigenvalue weighted by atomic mass is 16.2. The number of rotatable bonds is 4. The Morgan fingerprint density at radius 3 is 2.72 bits per heavy atom. The van der Waals surface area contributed by atoms with E-state index >= 15 is 0 Å². The van der Waals surface area contributed by atoms with Crippen molar-refractivity contribution in [3.63, 3.8) is 0 Å². The molecule has 1 aliphatic rings. The van der Waals surface area contributed by atoms with Gasteiger partial charge in [0, 0.05) is 30.9 Å². The van der Waals surface area contributed by atoms with Gasteiger partial charge in [0.15, 0.2) is 5.65 Å². The molecule has 3 heterocycles. The molecule has 9 heteroatoms. The number of pyridine rings is 1. The largest absolute Gasteiger partial charge is 0.348 e. The van der Waals surface area contributed by atoms with Crippen LogP contribution in [0.25, 0.3) is 22.1 Å². The van der Waals surface area contributed by atoms with Gasteiger partial charge in [-0.05, 0) is 56.0 Å². The topological polar surface area (TPSA) is 118 Å². The molecule has 4 aromatic rings. The molecule has 0 unspecified atom stereocenters. The van der Waals surface area contributed by atoms with Crippen LogP contribution in [0.4, 0.5) is 0 Å². The Labute approximate surface area is 183 Å². The monoisotopic (exact) mass is 434 g/mol. The lowest BCUT2D eigenvalue weighted by molar-refractivity contribution is 0.0951. The van der Waals surface area contributed by atoms with Gasteiger partial charge in [-0.25, -0.2) is 9.78 Å². The molecule has 1 aliphatic carbocycles. The van der Waals surface area contributed by atoms with Crippen LogP contribution in [0, 0.1) is 13.8 Å². The zero-order chi connectivity index (χ0) is 22.6. The van der Waals surface area contributed by atoms with Crippen molar-refractivity contribution < 1.29 is 4.79 Å². The SMILES string of the molecule is Cc1nc2c(c(C)c1CNC(=O)c1ccc3c(c1)[nH]c(=O)n3C1CCCC1)c(=O)[nH]n2C. The van der Waals surface area contributed by atoms with E-state index in [2.05, 4.69) is 20.4 Å². The Morgan fingerprint density at radius 2 is 1.97 bits per heavy atom. The number of hydrogen-bond donors (Lipinski definition) is 3. The number of hydrogen-bond acceptors (Lipinski definition) is 4. The van der Waals surface area contributed by atoms with Crippen molar-refractivity contribution in [3.05, 3.63) is 61.4 Å². The molecule has 0 radical (unpaired) electrons. The summed E-state index contributed by atoms with van der Waals surface area (Å²) in [5.41, 5.74) is 4.65. The average molecular weight is 435 g/mol. The van der Waals surface area contributed by atoms with Crippen LogP contribution in [0.15, 0.2) is 27.8 Å². The normalized spacial score (nSPS) is 14.6. The van der Waals surface area contributed by atoms with Crippen LogP contribution in [0.2, 0.25) is 0 Å². The number of aryl methyl sites for hydroxylation is 3. The van der Waals surface area contributed by atoms with Gasteiger partial charge in [0.05, 0.1) is 16.4 Å². The van der Waals surface area contributed by atoms with Crippen molar-refractivity contribution >= 4 is 28.0 Å². The maximum absolute atomic E-state index is 12.9. The highest BCUT2D eigenvalue weighted by Gasteiger charge is 2.22. The number of carbonyl (C=O) groups excluding carboxylic acids is 1. The molecule has 32 heavy (non-hydrogen) atoms. The number of fused-ring (bicyclic) bond motifs is 2. The number of benzene rings is 1. The molecule has 3 N–H and O–H groups in total. The summed E-state index contributed by atoms with van der Waals surface area (Å²) in [6.07, 6.45) is 4.30. The molecular weight excluding hydrogens is 408 g/mol. The maximum Gasteiger partial charge on any atom is 0.326 e. The van der Waals surface area contributed by atoms with E-state index in [0.29, 0.717) is 22.1 Å². The quantitative estimate of drug-likeness (QED) is 0.457. The van der Waals surface area contributed by atoms with Crippen LogP contribution < -0.4 is 16.6 Å². The molecule has 0 bridgehead atoms. The van der Waals surface area contributed by atoms with Crippen LogP contribution in [0.3, 0.4) is 0 Å². The molecule has 3 aromatic heterocycles. The fourth-order valence-electron chi connectivity index (χ4n) is 4.98. The predicted octanol–water partition coefficient (Wildman–Crippen LogP) is 2.57. The maximum atomic E-state index is 12.9. The molecule has 1 saturated carbocycles. The fourth-order valence-corrected chi connectivity index (χ4v) is 4.98. The Balaban J connectivity index is 1.41. The van der Waals surface area contributed by atoms with Crippen LogP contribution in [0.1, 0.15) is 58.9 Å². The molecule has 0 spiro atoms. The number of H-pyrrole nitrogens is 2. The zero-order valence-corrected chi connectivity index (χ0v) is 18.4. The summed E-state index contributed by atoms with van der Waals surface area (Å²) < 4.78 is 3.43. The molecule has 1 aromatic carbocycles. The molecule has 9 nitrogen and oxygen atoms in total. The van der Waals surface area contributed by atoms with E-state index in [1.807, 2.05) is 24.5 Å². The lowest BCUT2D eigenvalue weighted by Crippen LogP contribution is -2.24. The van der Waals surface area contributed by atoms with Gasteiger partial charge < -0.3 is 10.3 Å². The van der Waals surface area contributed by atoms with E-state index in [1.54, 1.807) is 23.9 Å². The van der Waals surface area contributed by atoms with Crippen molar-refractivity contribution in [3.8, 4) is 0 Å².